The molecule has 1 atom stereocenters. The number of aryl methyl sites for hydroxylation is 1. The molecule has 1 amide bonds. The van der Waals surface area contributed by atoms with E-state index in [2.05, 4.69) is 0 Å². The number of hydrogen-bond donors (Lipinski definition) is 1. The van der Waals surface area contributed by atoms with Crippen LogP contribution >= 0.6 is 11.3 Å². The molecule has 2 heterocycles. The molecule has 3 aromatic rings. The molecule has 1 aliphatic heterocycles. The summed E-state index contributed by atoms with van der Waals surface area (Å²) in [5.41, 5.74) is 4.73. The summed E-state index contributed by atoms with van der Waals surface area (Å²) in [5.74, 6) is -0.0169. The first-order valence-electron chi connectivity index (χ1n) is 8.34. The summed E-state index contributed by atoms with van der Waals surface area (Å²) < 4.78 is 0. The maximum absolute atomic E-state index is 13.2. The minimum absolute atomic E-state index is 0.0169. The van der Waals surface area contributed by atoms with Crippen LogP contribution in [0.2, 0.25) is 0 Å². The molecule has 1 N–H and O–H groups in total. The van der Waals surface area contributed by atoms with Crippen molar-refractivity contribution in [3.63, 3.8) is 0 Å². The molecule has 25 heavy (non-hydrogen) atoms. The molecule has 0 bridgehead atoms. The van der Waals surface area contributed by atoms with Gasteiger partial charge in [0.25, 0.3) is 5.91 Å². The van der Waals surface area contributed by atoms with Gasteiger partial charge in [-0.2, -0.15) is 0 Å². The second-order valence-corrected chi connectivity index (χ2v) is 7.43. The van der Waals surface area contributed by atoms with Crippen LogP contribution in [0.25, 0.3) is 11.1 Å². The lowest BCUT2D eigenvalue weighted by Crippen LogP contribution is -2.38. The fraction of sp³-hybridized carbons (Fsp3) is 0.190. The Morgan fingerprint density at radius 3 is 2.64 bits per heavy atom. The summed E-state index contributed by atoms with van der Waals surface area (Å²) in [6, 6.07) is 17.8. The van der Waals surface area contributed by atoms with E-state index < -0.39 is 6.10 Å². The van der Waals surface area contributed by atoms with Gasteiger partial charge in [0.2, 0.25) is 0 Å². The standard InChI is InChI=1S/C21H19NO2S/c1-14-20(15-7-3-2-4-8-15)18(13-25-14)21(24)22-11-16-9-5-6-10-17(16)19(23)12-22/h2-10,13,19,23H,11-12H2,1H3/t19-/m0/s1. The van der Waals surface area contributed by atoms with E-state index in [-0.39, 0.29) is 5.91 Å². The van der Waals surface area contributed by atoms with Gasteiger partial charge in [0.15, 0.2) is 0 Å². The molecule has 0 spiro atoms. The van der Waals surface area contributed by atoms with Crippen LogP contribution < -0.4 is 0 Å². The maximum Gasteiger partial charge on any atom is 0.255 e. The van der Waals surface area contributed by atoms with Crippen LogP contribution in [0.1, 0.15) is 32.5 Å². The summed E-state index contributed by atoms with van der Waals surface area (Å²) in [5, 5.41) is 12.4. The molecular weight excluding hydrogens is 330 g/mol. The Labute approximate surface area is 151 Å². The lowest BCUT2D eigenvalue weighted by molar-refractivity contribution is 0.0551. The van der Waals surface area contributed by atoms with Gasteiger partial charge in [-0.25, -0.2) is 0 Å². The lowest BCUT2D eigenvalue weighted by atomic mass is 9.96. The van der Waals surface area contributed by atoms with E-state index in [1.807, 2.05) is 66.9 Å². The van der Waals surface area contributed by atoms with E-state index >= 15 is 0 Å². The number of carbonyl (C=O) groups excluding carboxylic acids is 1. The van der Waals surface area contributed by atoms with Crippen LogP contribution in [0.3, 0.4) is 0 Å². The highest BCUT2D eigenvalue weighted by Crippen LogP contribution is 2.35. The van der Waals surface area contributed by atoms with E-state index in [1.54, 1.807) is 16.2 Å². The second-order valence-electron chi connectivity index (χ2n) is 6.35. The second kappa shape index (κ2) is 6.47. The average Bonchev–Trinajstić information content (AvgIpc) is 3.03. The van der Waals surface area contributed by atoms with Crippen LogP contribution in [0.15, 0.2) is 60.0 Å². The summed E-state index contributed by atoms with van der Waals surface area (Å²) in [4.78, 5) is 16.1. The quantitative estimate of drug-likeness (QED) is 0.744. The number of rotatable bonds is 2. The fourth-order valence-corrected chi connectivity index (χ4v) is 4.34. The molecule has 1 aromatic heterocycles. The van der Waals surface area contributed by atoms with E-state index in [0.717, 1.165) is 32.7 Å². The normalized spacial score (nSPS) is 16.6. The summed E-state index contributed by atoms with van der Waals surface area (Å²) in [7, 11) is 0. The van der Waals surface area contributed by atoms with Gasteiger partial charge in [-0.1, -0.05) is 54.6 Å². The van der Waals surface area contributed by atoms with E-state index in [1.165, 1.54) is 0 Å². The molecule has 4 heteroatoms. The number of amides is 1. The van der Waals surface area contributed by atoms with Gasteiger partial charge in [-0.15, -0.1) is 11.3 Å². The van der Waals surface area contributed by atoms with Crippen molar-refractivity contribution in [3.05, 3.63) is 81.5 Å². The van der Waals surface area contributed by atoms with Gasteiger partial charge in [0.05, 0.1) is 18.2 Å². The number of fused-ring (bicyclic) bond motifs is 1. The Morgan fingerprint density at radius 1 is 1.12 bits per heavy atom. The van der Waals surface area contributed by atoms with Crippen molar-refractivity contribution in [2.24, 2.45) is 0 Å². The largest absolute Gasteiger partial charge is 0.387 e. The number of nitrogens with zero attached hydrogens (tertiary/aromatic N) is 1. The number of aliphatic hydroxyl groups is 1. The predicted octanol–water partition coefficient (Wildman–Crippen LogP) is 4.41. The number of hydrogen-bond acceptors (Lipinski definition) is 3. The lowest BCUT2D eigenvalue weighted by Gasteiger charge is -2.32. The maximum atomic E-state index is 13.2. The number of aliphatic hydroxyl groups excluding tert-OH is 1. The zero-order valence-corrected chi connectivity index (χ0v) is 14.8. The van der Waals surface area contributed by atoms with Crippen molar-refractivity contribution in [2.75, 3.05) is 6.54 Å². The SMILES string of the molecule is Cc1scc(C(=O)N2Cc3ccccc3[C@@H](O)C2)c1-c1ccccc1. The molecular formula is C21H19NO2S. The molecule has 126 valence electrons. The smallest absolute Gasteiger partial charge is 0.255 e. The predicted molar refractivity (Wildman–Crippen MR) is 101 cm³/mol. The van der Waals surface area contributed by atoms with Crippen LogP contribution in [0, 0.1) is 6.92 Å². The Kier molecular flexibility index (Phi) is 4.15. The average molecular weight is 349 g/mol. The molecule has 0 aliphatic carbocycles. The summed E-state index contributed by atoms with van der Waals surface area (Å²) in [6.07, 6.45) is -0.631. The van der Waals surface area contributed by atoms with Gasteiger partial charge < -0.3 is 10.0 Å². The molecule has 0 unspecified atom stereocenters. The molecule has 2 aromatic carbocycles. The zero-order valence-electron chi connectivity index (χ0n) is 14.0. The van der Waals surface area contributed by atoms with E-state index in [9.17, 15) is 9.90 Å². The van der Waals surface area contributed by atoms with Gasteiger partial charge >= 0.3 is 0 Å². The van der Waals surface area contributed by atoms with Crippen molar-refractivity contribution in [3.8, 4) is 11.1 Å². The molecule has 3 nitrogen and oxygen atoms in total. The first-order chi connectivity index (χ1) is 12.1. The third-order valence-corrected chi connectivity index (χ3v) is 5.63. The number of β-amino-alcohol motifs (C(OH)–C–C–N with tert-alkyl or cyclic N) is 1. The van der Waals surface area contributed by atoms with Crippen LogP contribution in [-0.2, 0) is 6.54 Å². The molecule has 0 radical (unpaired) electrons. The Hall–Kier alpha value is -2.43. The third kappa shape index (κ3) is 2.88. The van der Waals surface area contributed by atoms with Gasteiger partial charge in [0, 0.05) is 22.4 Å². The van der Waals surface area contributed by atoms with Crippen molar-refractivity contribution < 1.29 is 9.90 Å². The number of carbonyl (C=O) groups is 1. The Morgan fingerprint density at radius 2 is 1.84 bits per heavy atom. The van der Waals surface area contributed by atoms with Crippen molar-refractivity contribution >= 4 is 17.2 Å². The van der Waals surface area contributed by atoms with E-state index in [0.29, 0.717) is 13.1 Å². The van der Waals surface area contributed by atoms with Crippen molar-refractivity contribution in [1.29, 1.82) is 0 Å². The highest BCUT2D eigenvalue weighted by molar-refractivity contribution is 7.10. The van der Waals surface area contributed by atoms with Gasteiger partial charge in [-0.3, -0.25) is 4.79 Å². The van der Waals surface area contributed by atoms with Crippen LogP contribution in [-0.4, -0.2) is 22.5 Å². The monoisotopic (exact) mass is 349 g/mol. The fourth-order valence-electron chi connectivity index (χ4n) is 3.48. The topological polar surface area (TPSA) is 40.5 Å². The minimum Gasteiger partial charge on any atom is -0.387 e. The van der Waals surface area contributed by atoms with Crippen molar-refractivity contribution in [1.82, 2.24) is 4.90 Å². The van der Waals surface area contributed by atoms with Crippen LogP contribution in [0.4, 0.5) is 0 Å². The van der Waals surface area contributed by atoms with Crippen LogP contribution in [0.5, 0.6) is 0 Å². The molecule has 1 aliphatic rings. The minimum atomic E-state index is -0.631. The number of benzene rings is 2. The molecule has 0 fully saturated rings. The third-order valence-electron chi connectivity index (χ3n) is 4.72. The van der Waals surface area contributed by atoms with Gasteiger partial charge in [0.1, 0.15) is 0 Å². The zero-order chi connectivity index (χ0) is 17.4. The Bertz CT molecular complexity index is 917. The molecule has 0 saturated carbocycles. The highest BCUT2D eigenvalue weighted by Gasteiger charge is 2.29. The first kappa shape index (κ1) is 16.1. The first-order valence-corrected chi connectivity index (χ1v) is 9.22. The molecule has 0 saturated heterocycles. The Balaban J connectivity index is 1.70. The summed E-state index contributed by atoms with van der Waals surface area (Å²) >= 11 is 1.59. The highest BCUT2D eigenvalue weighted by atomic mass is 32.1. The summed E-state index contributed by atoms with van der Waals surface area (Å²) in [6.45, 7) is 2.91. The number of thiophene rings is 1. The molecule has 4 rings (SSSR count). The van der Waals surface area contributed by atoms with E-state index in [4.69, 9.17) is 0 Å². The van der Waals surface area contributed by atoms with Gasteiger partial charge in [-0.05, 0) is 23.6 Å². The van der Waals surface area contributed by atoms with Crippen molar-refractivity contribution in [2.45, 2.75) is 19.6 Å².